The SMILES string of the molecule is CC(C)C[C@H](NC(=O)[C@@H](N)Cc1ccccc1)C(=O)N[C@@H](CC(=O)O)C(=O)N[C@@H](CCC(=O)O)C(=O)N[C@H](C(=O)N1CCC[C@H]1C(=O)N[C@@H](Cc1ccccc1)C(=O)N[C@@H](CO)C(=O)N[C@H](C(=O)O)C(C)C)C(C)C. The van der Waals surface area contributed by atoms with Crippen LogP contribution in [0.25, 0.3) is 0 Å². The molecule has 1 saturated heterocycles. The minimum absolute atomic E-state index is 0.0197. The van der Waals surface area contributed by atoms with Crippen molar-refractivity contribution < 1.29 is 73.2 Å². The third kappa shape index (κ3) is 20.1. The predicted molar refractivity (Wildman–Crippen MR) is 269 cm³/mol. The Morgan fingerprint density at radius 1 is 0.573 bits per heavy atom. The largest absolute Gasteiger partial charge is 0.481 e. The number of amides is 8. The van der Waals surface area contributed by atoms with E-state index in [9.17, 15) is 73.2 Å². The van der Waals surface area contributed by atoms with E-state index in [0.717, 1.165) is 5.56 Å². The van der Waals surface area contributed by atoms with Crippen LogP contribution in [0.5, 0.6) is 0 Å². The molecular weight excluding hydrogens is 979 g/mol. The molecule has 2 aromatic rings. The second kappa shape index (κ2) is 30.0. The lowest BCUT2D eigenvalue weighted by atomic mass is 10.00. The topological polar surface area (TPSA) is 382 Å². The number of aliphatic hydroxyl groups excluding tert-OH is 1. The van der Waals surface area contributed by atoms with E-state index < -0.39 is 157 Å². The zero-order valence-corrected chi connectivity index (χ0v) is 43.1. The molecular formula is C51H73N9O15. The van der Waals surface area contributed by atoms with Gasteiger partial charge in [-0.15, -0.1) is 0 Å². The highest BCUT2D eigenvalue weighted by Crippen LogP contribution is 2.22. The maximum absolute atomic E-state index is 14.4. The summed E-state index contributed by atoms with van der Waals surface area (Å²) in [5.74, 6) is -13.0. The molecule has 412 valence electrons. The highest BCUT2D eigenvalue weighted by atomic mass is 16.4. The zero-order valence-electron chi connectivity index (χ0n) is 43.1. The van der Waals surface area contributed by atoms with Crippen molar-refractivity contribution in [2.75, 3.05) is 13.2 Å². The summed E-state index contributed by atoms with van der Waals surface area (Å²) in [5, 5.41) is 56.1. The number of likely N-dealkylation sites (tertiary alicyclic amines) is 1. The van der Waals surface area contributed by atoms with Gasteiger partial charge in [0.25, 0.3) is 0 Å². The Morgan fingerprint density at radius 2 is 1.05 bits per heavy atom. The summed E-state index contributed by atoms with van der Waals surface area (Å²) >= 11 is 0. The van der Waals surface area contributed by atoms with Crippen LogP contribution in [-0.4, -0.2) is 158 Å². The molecule has 1 fully saturated rings. The minimum Gasteiger partial charge on any atom is -0.481 e. The molecule has 13 N–H and O–H groups in total. The average molecular weight is 1050 g/mol. The fraction of sp³-hybridized carbons (Fsp3) is 0.549. The number of aliphatic hydroxyl groups is 1. The number of carboxylic acid groups (broad SMARTS) is 3. The van der Waals surface area contributed by atoms with Gasteiger partial charge in [0.15, 0.2) is 0 Å². The van der Waals surface area contributed by atoms with Crippen LogP contribution in [0.3, 0.4) is 0 Å². The number of nitrogens with one attached hydrogen (secondary N) is 7. The molecule has 0 aromatic heterocycles. The number of rotatable bonds is 30. The number of hydrogen-bond donors (Lipinski definition) is 12. The van der Waals surface area contributed by atoms with Crippen molar-refractivity contribution in [3.63, 3.8) is 0 Å². The monoisotopic (exact) mass is 1050 g/mol. The van der Waals surface area contributed by atoms with Crippen LogP contribution in [0.1, 0.15) is 91.2 Å². The van der Waals surface area contributed by atoms with E-state index in [0.29, 0.717) is 12.0 Å². The molecule has 0 unspecified atom stereocenters. The minimum atomic E-state index is -1.85. The smallest absolute Gasteiger partial charge is 0.326 e. The number of carbonyl (C=O) groups excluding carboxylic acids is 8. The maximum Gasteiger partial charge on any atom is 0.326 e. The van der Waals surface area contributed by atoms with Crippen molar-refractivity contribution in [2.24, 2.45) is 23.5 Å². The third-order valence-electron chi connectivity index (χ3n) is 12.3. The molecule has 1 heterocycles. The van der Waals surface area contributed by atoms with Crippen molar-refractivity contribution in [1.29, 1.82) is 0 Å². The van der Waals surface area contributed by atoms with Crippen LogP contribution in [0, 0.1) is 17.8 Å². The van der Waals surface area contributed by atoms with Crippen molar-refractivity contribution in [1.82, 2.24) is 42.1 Å². The first-order valence-corrected chi connectivity index (χ1v) is 24.9. The highest BCUT2D eigenvalue weighted by molar-refractivity contribution is 5.99. The third-order valence-corrected chi connectivity index (χ3v) is 12.3. The van der Waals surface area contributed by atoms with E-state index in [1.807, 2.05) is 0 Å². The summed E-state index contributed by atoms with van der Waals surface area (Å²) in [4.78, 5) is 147. The Labute approximate surface area is 435 Å². The average Bonchev–Trinajstić information content (AvgIpc) is 3.85. The van der Waals surface area contributed by atoms with E-state index in [1.54, 1.807) is 102 Å². The summed E-state index contributed by atoms with van der Waals surface area (Å²) < 4.78 is 0. The lowest BCUT2D eigenvalue weighted by Gasteiger charge is -2.32. The van der Waals surface area contributed by atoms with Crippen LogP contribution < -0.4 is 43.0 Å². The first-order chi connectivity index (χ1) is 35.3. The molecule has 24 heteroatoms. The van der Waals surface area contributed by atoms with Crippen molar-refractivity contribution in [3.05, 3.63) is 71.8 Å². The quantitative estimate of drug-likeness (QED) is 0.0445. The highest BCUT2D eigenvalue weighted by Gasteiger charge is 2.41. The van der Waals surface area contributed by atoms with Gasteiger partial charge in [-0.25, -0.2) is 4.79 Å². The Hall–Kier alpha value is -7.47. The number of benzene rings is 2. The summed E-state index contributed by atoms with van der Waals surface area (Å²) in [6, 6.07) is 4.46. The van der Waals surface area contributed by atoms with Gasteiger partial charge in [-0.1, -0.05) is 102 Å². The van der Waals surface area contributed by atoms with Gasteiger partial charge in [0.2, 0.25) is 47.3 Å². The fourth-order valence-corrected chi connectivity index (χ4v) is 8.22. The van der Waals surface area contributed by atoms with Gasteiger partial charge < -0.3 is 68.3 Å². The normalized spacial score (nSPS) is 16.5. The van der Waals surface area contributed by atoms with Crippen molar-refractivity contribution in [3.8, 4) is 0 Å². The van der Waals surface area contributed by atoms with Gasteiger partial charge in [-0.2, -0.15) is 0 Å². The molecule has 0 bridgehead atoms. The number of hydrogen-bond acceptors (Lipinski definition) is 13. The van der Waals surface area contributed by atoms with Crippen molar-refractivity contribution >= 4 is 65.2 Å². The van der Waals surface area contributed by atoms with E-state index in [4.69, 9.17) is 5.73 Å². The van der Waals surface area contributed by atoms with Gasteiger partial charge in [0.1, 0.15) is 48.3 Å². The second-order valence-corrected chi connectivity index (χ2v) is 19.6. The summed E-state index contributed by atoms with van der Waals surface area (Å²) in [5.41, 5.74) is 7.49. The Balaban J connectivity index is 1.83. The van der Waals surface area contributed by atoms with Crippen LogP contribution in [0.15, 0.2) is 60.7 Å². The van der Waals surface area contributed by atoms with Gasteiger partial charge in [0.05, 0.1) is 19.1 Å². The lowest BCUT2D eigenvalue weighted by Crippen LogP contribution is -2.61. The summed E-state index contributed by atoms with van der Waals surface area (Å²) in [6.07, 6.45) is -1.75. The maximum atomic E-state index is 14.4. The van der Waals surface area contributed by atoms with E-state index in [-0.39, 0.29) is 38.1 Å². The molecule has 0 radical (unpaired) electrons. The molecule has 2 aromatic carbocycles. The molecule has 1 aliphatic rings. The van der Waals surface area contributed by atoms with Crippen LogP contribution in [0.2, 0.25) is 0 Å². The van der Waals surface area contributed by atoms with E-state index in [2.05, 4.69) is 37.2 Å². The predicted octanol–water partition coefficient (Wildman–Crippen LogP) is -1.04. The Morgan fingerprint density at radius 3 is 1.57 bits per heavy atom. The molecule has 24 nitrogen and oxygen atoms in total. The standard InChI is InChI=1S/C51H73N9O15/c1-27(2)22-34(54-43(66)32(52)23-30-14-9-7-10-15-30)45(68)55-36(25-40(64)65)47(70)53-33(19-20-39(62)63)44(67)58-41(28(3)4)50(73)60-21-13-18-38(60)49(72)56-35(24-31-16-11-8-12-17-31)46(69)57-37(26-61)48(71)59-42(29(5)6)51(74)75/h7-12,14-17,27-29,32-38,41-42,61H,13,18-26,52H2,1-6H3,(H,53,70)(H,54,66)(H,55,68)(H,56,72)(H,57,69)(H,58,67)(H,59,71)(H,62,63)(H,64,65)(H,74,75)/t32-,33-,34-,35-,36-,37-,38-,41-,42-/m0/s1. The molecule has 1 aliphatic heterocycles. The molecule has 0 aliphatic carbocycles. The number of carboxylic acids is 3. The molecule has 9 atom stereocenters. The van der Waals surface area contributed by atoms with Crippen LogP contribution in [-0.2, 0) is 65.6 Å². The van der Waals surface area contributed by atoms with Crippen LogP contribution in [0.4, 0.5) is 0 Å². The number of nitrogens with two attached hydrogens (primary N) is 1. The van der Waals surface area contributed by atoms with Crippen LogP contribution >= 0.6 is 0 Å². The molecule has 75 heavy (non-hydrogen) atoms. The molecule has 0 saturated carbocycles. The number of nitrogens with zero attached hydrogens (tertiary/aromatic N) is 1. The first-order valence-electron chi connectivity index (χ1n) is 24.9. The summed E-state index contributed by atoms with van der Waals surface area (Å²) in [6.45, 7) is 8.88. The number of carbonyl (C=O) groups is 11. The summed E-state index contributed by atoms with van der Waals surface area (Å²) in [7, 11) is 0. The lowest BCUT2D eigenvalue weighted by molar-refractivity contribution is -0.144. The molecule has 0 spiro atoms. The van der Waals surface area contributed by atoms with Gasteiger partial charge >= 0.3 is 17.9 Å². The molecule has 8 amide bonds. The fourth-order valence-electron chi connectivity index (χ4n) is 8.22. The van der Waals surface area contributed by atoms with E-state index >= 15 is 0 Å². The van der Waals surface area contributed by atoms with Gasteiger partial charge in [-0.3, -0.25) is 47.9 Å². The second-order valence-electron chi connectivity index (χ2n) is 19.6. The first kappa shape index (κ1) is 61.8. The zero-order chi connectivity index (χ0) is 56.1. The van der Waals surface area contributed by atoms with E-state index in [1.165, 1.54) is 4.90 Å². The van der Waals surface area contributed by atoms with Crippen molar-refractivity contribution in [2.45, 2.75) is 147 Å². The Kier molecular flexibility index (Phi) is 24.8. The molecule has 3 rings (SSSR count). The van der Waals surface area contributed by atoms with Gasteiger partial charge in [-0.05, 0) is 61.0 Å². The Bertz CT molecular complexity index is 2320. The van der Waals surface area contributed by atoms with Gasteiger partial charge in [0, 0.05) is 19.4 Å². The number of aliphatic carboxylic acids is 3.